The predicted octanol–water partition coefficient (Wildman–Crippen LogP) is 7.87. The molecule has 0 aromatic heterocycles. The molecule has 0 aliphatic carbocycles. The molecule has 0 N–H and O–H groups in total. The molecule has 55 heavy (non-hydrogen) atoms. The summed E-state index contributed by atoms with van der Waals surface area (Å²) in [4.78, 5) is 77.4. The number of ketones is 3. The van der Waals surface area contributed by atoms with E-state index in [4.69, 9.17) is 14.2 Å². The second-order valence-corrected chi connectivity index (χ2v) is 12.5. The molecule has 0 aliphatic heterocycles. The Morgan fingerprint density at radius 3 is 0.727 bits per heavy atom. The van der Waals surface area contributed by atoms with Crippen LogP contribution in [-0.4, -0.2) is 55.1 Å². The van der Waals surface area contributed by atoms with Gasteiger partial charge in [-0.2, -0.15) is 0 Å². The number of hydrogen-bond donors (Lipinski definition) is 0. The molecular formula is C46H34O9. The van der Waals surface area contributed by atoms with Crippen LogP contribution in [-0.2, 0) is 14.2 Å². The molecule has 0 heterocycles. The van der Waals surface area contributed by atoms with Gasteiger partial charge in [-0.3, -0.25) is 14.4 Å². The molecule has 9 heteroatoms. The highest BCUT2D eigenvalue weighted by atomic mass is 16.6. The van der Waals surface area contributed by atoms with Crippen molar-refractivity contribution in [3.8, 4) is 0 Å². The monoisotopic (exact) mass is 730 g/mol. The topological polar surface area (TPSA) is 130 Å². The molecule has 0 fully saturated rings. The number of carbonyl (C=O) groups is 6. The van der Waals surface area contributed by atoms with Crippen LogP contribution in [0.2, 0.25) is 0 Å². The van der Waals surface area contributed by atoms with Gasteiger partial charge in [-0.1, -0.05) is 127 Å². The normalized spacial score (nSPS) is 10.6. The van der Waals surface area contributed by atoms with Gasteiger partial charge < -0.3 is 14.2 Å². The van der Waals surface area contributed by atoms with Crippen molar-refractivity contribution in [2.24, 2.45) is 5.92 Å². The van der Waals surface area contributed by atoms with E-state index in [1.807, 2.05) is 18.2 Å². The summed E-state index contributed by atoms with van der Waals surface area (Å²) in [5.74, 6) is -3.44. The van der Waals surface area contributed by atoms with Gasteiger partial charge in [0.1, 0.15) is 19.8 Å². The molecule has 0 radical (unpaired) electrons. The van der Waals surface area contributed by atoms with Crippen molar-refractivity contribution in [1.82, 2.24) is 0 Å². The van der Waals surface area contributed by atoms with Gasteiger partial charge in [-0.25, -0.2) is 14.4 Å². The van der Waals surface area contributed by atoms with Gasteiger partial charge >= 0.3 is 17.9 Å². The second kappa shape index (κ2) is 18.0. The fourth-order valence-corrected chi connectivity index (χ4v) is 5.52. The Balaban J connectivity index is 1.09. The number of benzene rings is 6. The minimum absolute atomic E-state index is 0.188. The van der Waals surface area contributed by atoms with Gasteiger partial charge in [0.25, 0.3) is 0 Å². The maximum atomic E-state index is 13.0. The molecular weight excluding hydrogens is 696 g/mol. The van der Waals surface area contributed by atoms with Crippen LogP contribution in [0.15, 0.2) is 164 Å². The van der Waals surface area contributed by atoms with Crippen molar-refractivity contribution in [3.63, 3.8) is 0 Å². The van der Waals surface area contributed by atoms with Gasteiger partial charge in [-0.15, -0.1) is 0 Å². The van der Waals surface area contributed by atoms with Crippen LogP contribution in [0.25, 0.3) is 0 Å². The molecule has 6 rings (SSSR count). The molecule has 0 saturated carbocycles. The van der Waals surface area contributed by atoms with E-state index in [-0.39, 0.29) is 53.9 Å². The number of rotatable bonds is 15. The van der Waals surface area contributed by atoms with Crippen molar-refractivity contribution >= 4 is 35.3 Å². The summed E-state index contributed by atoms with van der Waals surface area (Å²) >= 11 is 0. The SMILES string of the molecule is O=C(OCC(COC(=O)c1ccc(C(=O)c2ccccc2)cc1)COC(=O)c1ccc(C(=O)c2ccccc2)cc1)c1ccc(C(=O)c2ccccc2)cc1. The van der Waals surface area contributed by atoms with Gasteiger partial charge in [0.05, 0.1) is 22.6 Å². The van der Waals surface area contributed by atoms with E-state index in [0.717, 1.165) is 0 Å². The van der Waals surface area contributed by atoms with Crippen LogP contribution in [0.3, 0.4) is 0 Å². The minimum Gasteiger partial charge on any atom is -0.462 e. The lowest BCUT2D eigenvalue weighted by Crippen LogP contribution is -2.26. The summed E-state index contributed by atoms with van der Waals surface area (Å²) < 4.78 is 16.6. The van der Waals surface area contributed by atoms with E-state index in [1.165, 1.54) is 72.8 Å². The standard InChI is InChI=1S/C46H34O9/c47-41(32-10-4-1-5-11-32)35-16-22-38(23-17-35)44(50)53-28-31(29-54-45(51)39-24-18-36(19-25-39)42(48)33-12-6-2-7-13-33)30-55-46(52)40-26-20-37(21-27-40)43(49)34-14-8-3-9-15-34/h1-27,31H,28-30H2. The molecule has 9 nitrogen and oxygen atoms in total. The zero-order valence-electron chi connectivity index (χ0n) is 29.5. The van der Waals surface area contributed by atoms with Crippen LogP contribution in [0, 0.1) is 5.92 Å². The summed E-state index contributed by atoms with van der Waals surface area (Å²) in [5.41, 5.74) is 3.29. The summed E-state index contributed by atoms with van der Waals surface area (Å²) in [7, 11) is 0. The quantitative estimate of drug-likeness (QED) is 0.0589. The molecule has 0 unspecified atom stereocenters. The molecule has 0 bridgehead atoms. The smallest absolute Gasteiger partial charge is 0.338 e. The van der Waals surface area contributed by atoms with Crippen LogP contribution < -0.4 is 0 Å². The summed E-state index contributed by atoms with van der Waals surface area (Å²) in [6, 6.07) is 44.3. The molecule has 0 spiro atoms. The Bertz CT molecular complexity index is 2020. The Morgan fingerprint density at radius 2 is 0.491 bits per heavy atom. The van der Waals surface area contributed by atoms with Crippen LogP contribution in [0.4, 0.5) is 0 Å². The fourth-order valence-electron chi connectivity index (χ4n) is 5.52. The first-order chi connectivity index (χ1) is 26.8. The summed E-state index contributed by atoms with van der Waals surface area (Å²) in [5, 5.41) is 0. The van der Waals surface area contributed by atoms with E-state index in [9.17, 15) is 28.8 Å². The third kappa shape index (κ3) is 9.79. The average molecular weight is 731 g/mol. The van der Waals surface area contributed by atoms with E-state index in [0.29, 0.717) is 33.4 Å². The zero-order valence-corrected chi connectivity index (χ0v) is 29.5. The van der Waals surface area contributed by atoms with Gasteiger partial charge in [0.15, 0.2) is 17.3 Å². The number of hydrogen-bond acceptors (Lipinski definition) is 9. The predicted molar refractivity (Wildman–Crippen MR) is 203 cm³/mol. The Morgan fingerprint density at radius 1 is 0.291 bits per heavy atom. The molecule has 0 saturated heterocycles. The highest BCUT2D eigenvalue weighted by Gasteiger charge is 2.21. The fraction of sp³-hybridized carbons (Fsp3) is 0.0870. The second-order valence-electron chi connectivity index (χ2n) is 12.5. The Kier molecular flexibility index (Phi) is 12.3. The maximum absolute atomic E-state index is 13.0. The highest BCUT2D eigenvalue weighted by Crippen LogP contribution is 2.16. The lowest BCUT2D eigenvalue weighted by Gasteiger charge is -2.18. The van der Waals surface area contributed by atoms with Gasteiger partial charge in [0.2, 0.25) is 0 Å². The zero-order chi connectivity index (χ0) is 38.6. The summed E-state index contributed by atoms with van der Waals surface area (Å²) in [6.07, 6.45) is 0. The first-order valence-corrected chi connectivity index (χ1v) is 17.4. The van der Waals surface area contributed by atoms with Crippen molar-refractivity contribution in [1.29, 1.82) is 0 Å². The first-order valence-electron chi connectivity index (χ1n) is 17.4. The van der Waals surface area contributed by atoms with E-state index >= 15 is 0 Å². The Hall–Kier alpha value is -7.26. The minimum atomic E-state index is -0.770. The lowest BCUT2D eigenvalue weighted by molar-refractivity contribution is 0.00633. The Labute approximate surface area is 317 Å². The van der Waals surface area contributed by atoms with Crippen molar-refractivity contribution in [3.05, 3.63) is 214 Å². The van der Waals surface area contributed by atoms with E-state index < -0.39 is 23.8 Å². The molecule has 6 aromatic carbocycles. The molecule has 0 aliphatic rings. The lowest BCUT2D eigenvalue weighted by atomic mass is 10.0. The van der Waals surface area contributed by atoms with E-state index in [2.05, 4.69) is 0 Å². The summed E-state index contributed by atoms with van der Waals surface area (Å²) in [6.45, 7) is -0.836. The van der Waals surface area contributed by atoms with Crippen molar-refractivity contribution in [2.75, 3.05) is 19.8 Å². The largest absolute Gasteiger partial charge is 0.462 e. The van der Waals surface area contributed by atoms with Gasteiger partial charge in [0, 0.05) is 33.4 Å². The van der Waals surface area contributed by atoms with Crippen LogP contribution in [0.1, 0.15) is 78.8 Å². The van der Waals surface area contributed by atoms with Crippen molar-refractivity contribution in [2.45, 2.75) is 0 Å². The number of esters is 3. The molecule has 0 atom stereocenters. The van der Waals surface area contributed by atoms with Crippen molar-refractivity contribution < 1.29 is 43.0 Å². The molecule has 272 valence electrons. The van der Waals surface area contributed by atoms with Gasteiger partial charge in [-0.05, 0) is 36.4 Å². The average Bonchev–Trinajstić information content (AvgIpc) is 3.26. The number of carbonyl (C=O) groups excluding carboxylic acids is 6. The van der Waals surface area contributed by atoms with Crippen LogP contribution >= 0.6 is 0 Å². The van der Waals surface area contributed by atoms with E-state index in [1.54, 1.807) is 72.8 Å². The highest BCUT2D eigenvalue weighted by molar-refractivity contribution is 6.10. The third-order valence-electron chi connectivity index (χ3n) is 8.61. The number of ether oxygens (including phenoxy) is 3. The molecule has 0 amide bonds. The maximum Gasteiger partial charge on any atom is 0.338 e. The molecule has 6 aromatic rings. The first kappa shape index (κ1) is 37.5. The third-order valence-corrected chi connectivity index (χ3v) is 8.61. The van der Waals surface area contributed by atoms with Crippen LogP contribution in [0.5, 0.6) is 0 Å².